The van der Waals surface area contributed by atoms with Gasteiger partial charge in [0.2, 0.25) is 0 Å². The molecule has 8 heteroatoms. The van der Waals surface area contributed by atoms with E-state index in [1.165, 1.54) is 17.4 Å². The van der Waals surface area contributed by atoms with Crippen LogP contribution in [-0.2, 0) is 11.4 Å². The fourth-order valence-corrected chi connectivity index (χ4v) is 3.48. The first kappa shape index (κ1) is 19.5. The van der Waals surface area contributed by atoms with Crippen LogP contribution >= 0.6 is 27.3 Å². The Morgan fingerprint density at radius 3 is 2.74 bits per heavy atom. The smallest absolute Gasteiger partial charge is 0.277 e. The van der Waals surface area contributed by atoms with E-state index in [1.54, 1.807) is 12.1 Å². The number of benzene rings is 2. The number of amides is 1. The molecule has 0 bridgehead atoms. The number of carbonyl (C=O) groups excluding carboxylic acids is 1. The Morgan fingerprint density at radius 2 is 2.04 bits per heavy atom. The van der Waals surface area contributed by atoms with E-state index < -0.39 is 17.5 Å². The molecule has 4 nitrogen and oxygen atoms in total. The van der Waals surface area contributed by atoms with Crippen molar-refractivity contribution in [1.82, 2.24) is 5.48 Å². The van der Waals surface area contributed by atoms with Gasteiger partial charge in [-0.1, -0.05) is 22.0 Å². The molecule has 0 saturated carbocycles. The molecule has 2 N–H and O–H groups in total. The molecule has 0 fully saturated rings. The van der Waals surface area contributed by atoms with Gasteiger partial charge < -0.3 is 5.32 Å². The number of halogens is 3. The Bertz CT molecular complexity index is 965. The minimum atomic E-state index is -1.14. The fraction of sp³-hybridized carbons (Fsp3) is 0.105. The highest BCUT2D eigenvalue weighted by Gasteiger charge is 2.20. The van der Waals surface area contributed by atoms with Crippen molar-refractivity contribution in [2.45, 2.75) is 13.5 Å². The Labute approximate surface area is 167 Å². The van der Waals surface area contributed by atoms with Gasteiger partial charge in [0.25, 0.3) is 5.91 Å². The second kappa shape index (κ2) is 8.60. The van der Waals surface area contributed by atoms with E-state index in [1.807, 2.05) is 30.5 Å². The summed E-state index contributed by atoms with van der Waals surface area (Å²) < 4.78 is 29.0. The second-order valence-corrected chi connectivity index (χ2v) is 7.62. The first-order chi connectivity index (χ1) is 13.0. The van der Waals surface area contributed by atoms with Gasteiger partial charge in [-0.25, -0.2) is 14.3 Å². The third-order valence-electron chi connectivity index (χ3n) is 3.75. The lowest BCUT2D eigenvalue weighted by Crippen LogP contribution is -2.24. The van der Waals surface area contributed by atoms with Gasteiger partial charge in [0.15, 0.2) is 11.6 Å². The molecule has 3 aromatic rings. The van der Waals surface area contributed by atoms with Crippen LogP contribution in [0.1, 0.15) is 20.8 Å². The lowest BCUT2D eigenvalue weighted by Gasteiger charge is -2.15. The fourth-order valence-electron chi connectivity index (χ4n) is 2.39. The van der Waals surface area contributed by atoms with Crippen molar-refractivity contribution < 1.29 is 18.4 Å². The van der Waals surface area contributed by atoms with E-state index in [-0.39, 0.29) is 17.9 Å². The number of nitrogens with one attached hydrogen (secondary N) is 2. The van der Waals surface area contributed by atoms with E-state index in [0.29, 0.717) is 5.69 Å². The van der Waals surface area contributed by atoms with Gasteiger partial charge in [-0.15, -0.1) is 11.3 Å². The minimum absolute atomic E-state index is 0.0672. The molecule has 0 aliphatic rings. The van der Waals surface area contributed by atoms with Crippen LogP contribution in [0.25, 0.3) is 0 Å². The van der Waals surface area contributed by atoms with E-state index >= 15 is 0 Å². The molecule has 140 valence electrons. The molecule has 0 atom stereocenters. The summed E-state index contributed by atoms with van der Waals surface area (Å²) in [5.74, 6) is -2.87. The van der Waals surface area contributed by atoms with Gasteiger partial charge in [0.05, 0.1) is 11.3 Å². The van der Waals surface area contributed by atoms with Crippen LogP contribution in [0.4, 0.5) is 20.2 Å². The Balaban J connectivity index is 1.82. The van der Waals surface area contributed by atoms with Crippen LogP contribution in [0, 0.1) is 18.6 Å². The topological polar surface area (TPSA) is 50.4 Å². The molecule has 3 rings (SSSR count). The number of hydrogen-bond donors (Lipinski definition) is 2. The summed E-state index contributed by atoms with van der Waals surface area (Å²) in [4.78, 5) is 18.5. The third-order valence-corrected chi connectivity index (χ3v) is 5.09. The van der Waals surface area contributed by atoms with Crippen LogP contribution in [0.3, 0.4) is 0 Å². The summed E-state index contributed by atoms with van der Waals surface area (Å²) >= 11 is 4.83. The highest BCUT2D eigenvalue weighted by Crippen LogP contribution is 2.29. The van der Waals surface area contributed by atoms with Crippen LogP contribution in [0.15, 0.2) is 52.3 Å². The summed E-state index contributed by atoms with van der Waals surface area (Å²) in [6.07, 6.45) is 0. The number of carbonyl (C=O) groups is 1. The van der Waals surface area contributed by atoms with Crippen molar-refractivity contribution in [3.8, 4) is 0 Å². The molecule has 0 aliphatic carbocycles. The number of hydrogen-bond acceptors (Lipinski definition) is 4. The van der Waals surface area contributed by atoms with Gasteiger partial charge in [-0.05, 0) is 54.3 Å². The maximum absolute atomic E-state index is 14.4. The quantitative estimate of drug-likeness (QED) is 0.471. The molecule has 1 aromatic heterocycles. The van der Waals surface area contributed by atoms with Crippen LogP contribution in [-0.4, -0.2) is 5.91 Å². The Kier molecular flexibility index (Phi) is 6.20. The molecule has 0 spiro atoms. The van der Waals surface area contributed by atoms with Crippen LogP contribution < -0.4 is 10.8 Å². The van der Waals surface area contributed by atoms with Crippen molar-refractivity contribution in [1.29, 1.82) is 0 Å². The van der Waals surface area contributed by atoms with Gasteiger partial charge in [-0.3, -0.25) is 9.63 Å². The highest BCUT2D eigenvalue weighted by molar-refractivity contribution is 9.10. The summed E-state index contributed by atoms with van der Waals surface area (Å²) in [7, 11) is 0. The normalized spacial score (nSPS) is 10.7. The summed E-state index contributed by atoms with van der Waals surface area (Å²) in [5.41, 5.74) is 3.30. The number of hydroxylamine groups is 1. The SMILES string of the molecule is Cc1cc(Br)ccc1Nc1c(C(=O)NOCc2cccs2)ccc(F)c1F. The zero-order chi connectivity index (χ0) is 19.4. The Hall–Kier alpha value is -2.29. The number of rotatable bonds is 6. The molecule has 2 aromatic carbocycles. The number of anilines is 2. The number of aryl methyl sites for hydroxylation is 1. The largest absolute Gasteiger partial charge is 0.352 e. The minimum Gasteiger partial charge on any atom is -0.352 e. The van der Waals surface area contributed by atoms with E-state index in [2.05, 4.69) is 26.7 Å². The monoisotopic (exact) mass is 452 g/mol. The first-order valence-corrected chi connectivity index (χ1v) is 9.58. The average molecular weight is 453 g/mol. The van der Waals surface area contributed by atoms with Crippen LogP contribution in [0.5, 0.6) is 0 Å². The van der Waals surface area contributed by atoms with E-state index in [4.69, 9.17) is 4.84 Å². The summed E-state index contributed by atoms with van der Waals surface area (Å²) in [6.45, 7) is 2.00. The van der Waals surface area contributed by atoms with E-state index in [0.717, 1.165) is 21.0 Å². The predicted octanol–water partition coefficient (Wildman–Crippen LogP) is 5.70. The second-order valence-electron chi connectivity index (χ2n) is 5.67. The molecular formula is C19H15BrF2N2O2S. The van der Waals surface area contributed by atoms with E-state index in [9.17, 15) is 13.6 Å². The molecule has 0 unspecified atom stereocenters. The summed E-state index contributed by atoms with van der Waals surface area (Å²) in [6, 6.07) is 11.1. The predicted molar refractivity (Wildman–Crippen MR) is 105 cm³/mol. The standard InChI is InChI=1S/C19H15BrF2N2O2S/c1-11-9-12(20)4-7-16(11)23-18-14(5-6-15(21)17(18)22)19(25)24-26-10-13-3-2-8-27-13/h2-9,23H,10H2,1H3,(H,24,25). The van der Waals surface area contributed by atoms with Gasteiger partial charge in [0, 0.05) is 15.0 Å². The molecule has 1 heterocycles. The average Bonchev–Trinajstić information content (AvgIpc) is 3.14. The number of thiophene rings is 1. The highest BCUT2D eigenvalue weighted by atomic mass is 79.9. The van der Waals surface area contributed by atoms with Crippen molar-refractivity contribution in [2.75, 3.05) is 5.32 Å². The molecule has 27 heavy (non-hydrogen) atoms. The van der Waals surface area contributed by atoms with Crippen molar-refractivity contribution in [3.63, 3.8) is 0 Å². The maximum atomic E-state index is 14.4. The Morgan fingerprint density at radius 1 is 1.22 bits per heavy atom. The molecule has 0 radical (unpaired) electrons. The van der Waals surface area contributed by atoms with Crippen molar-refractivity contribution in [2.24, 2.45) is 0 Å². The van der Waals surface area contributed by atoms with Crippen LogP contribution in [0.2, 0.25) is 0 Å². The zero-order valence-electron chi connectivity index (χ0n) is 14.2. The lowest BCUT2D eigenvalue weighted by atomic mass is 10.1. The molecule has 1 amide bonds. The molecular weight excluding hydrogens is 438 g/mol. The third kappa shape index (κ3) is 4.71. The van der Waals surface area contributed by atoms with Gasteiger partial charge in [0.1, 0.15) is 6.61 Å². The first-order valence-electron chi connectivity index (χ1n) is 7.91. The van der Waals surface area contributed by atoms with Crippen molar-refractivity contribution in [3.05, 3.63) is 80.0 Å². The molecule has 0 aliphatic heterocycles. The van der Waals surface area contributed by atoms with Gasteiger partial charge >= 0.3 is 0 Å². The van der Waals surface area contributed by atoms with Gasteiger partial charge in [-0.2, -0.15) is 0 Å². The lowest BCUT2D eigenvalue weighted by molar-refractivity contribution is 0.0243. The maximum Gasteiger partial charge on any atom is 0.277 e. The molecule has 0 saturated heterocycles. The van der Waals surface area contributed by atoms with Crippen molar-refractivity contribution >= 4 is 44.5 Å². The zero-order valence-corrected chi connectivity index (χ0v) is 16.6. The summed E-state index contributed by atoms with van der Waals surface area (Å²) in [5, 5.41) is 4.70.